The molecule has 0 aromatic heterocycles. The van der Waals surface area contributed by atoms with Crippen LogP contribution in [0.3, 0.4) is 0 Å². The van der Waals surface area contributed by atoms with Gasteiger partial charge in [-0.25, -0.2) is 0 Å². The summed E-state index contributed by atoms with van der Waals surface area (Å²) in [5, 5.41) is 0. The van der Waals surface area contributed by atoms with Crippen molar-refractivity contribution < 1.29 is 13.2 Å². The van der Waals surface area contributed by atoms with Gasteiger partial charge < -0.3 is 0 Å². The molecule has 3 atom stereocenters. The number of halogens is 3. The van der Waals surface area contributed by atoms with Gasteiger partial charge in [-0.15, -0.1) is 0 Å². The van der Waals surface area contributed by atoms with Gasteiger partial charge in [0.15, 0.2) is 0 Å². The highest BCUT2D eigenvalue weighted by molar-refractivity contribution is 5.48. The second-order valence-electron chi connectivity index (χ2n) is 12.6. The highest BCUT2D eigenvalue weighted by atomic mass is 19.4. The highest BCUT2D eigenvalue weighted by Gasteiger charge is 2.77. The number of hydrogen-bond donors (Lipinski definition) is 0. The maximum atomic E-state index is 13.4. The van der Waals surface area contributed by atoms with Crippen LogP contribution in [0, 0.1) is 17.3 Å². The first-order chi connectivity index (χ1) is 18.4. The Bertz CT molecular complexity index is 1250. The summed E-state index contributed by atoms with van der Waals surface area (Å²) in [4.78, 5) is 2.79. The van der Waals surface area contributed by atoms with E-state index in [4.69, 9.17) is 0 Å². The van der Waals surface area contributed by atoms with Crippen molar-refractivity contribution in [1.82, 2.24) is 4.90 Å². The SMILES string of the molecule is FC(F)(F)c1ccc(C2[C@H]3CN(CC4CCCCC4)[C@H](c4ccccc4)C34CC2(c2ccccc2)C4)cc1. The molecule has 3 aromatic carbocycles. The molecule has 3 aromatic rings. The van der Waals surface area contributed by atoms with Crippen LogP contribution in [-0.2, 0) is 11.6 Å². The molecular weight excluding hydrogens is 479 g/mol. The summed E-state index contributed by atoms with van der Waals surface area (Å²) in [7, 11) is 0. The minimum absolute atomic E-state index is 0.00433. The molecule has 0 amide bonds. The monoisotopic (exact) mass is 515 g/mol. The van der Waals surface area contributed by atoms with Gasteiger partial charge in [0.05, 0.1) is 5.56 Å². The molecule has 0 radical (unpaired) electrons. The summed E-state index contributed by atoms with van der Waals surface area (Å²) in [6, 6.07) is 28.4. The molecule has 4 aliphatic carbocycles. The number of rotatable bonds is 5. The highest BCUT2D eigenvalue weighted by Crippen LogP contribution is 2.82. The number of hydrogen-bond acceptors (Lipinski definition) is 1. The molecule has 1 nitrogen and oxygen atoms in total. The van der Waals surface area contributed by atoms with E-state index in [2.05, 4.69) is 65.6 Å². The van der Waals surface area contributed by atoms with Crippen LogP contribution in [-0.4, -0.2) is 18.0 Å². The van der Waals surface area contributed by atoms with Crippen LogP contribution in [0.25, 0.3) is 0 Å². The fourth-order valence-electron chi connectivity index (χ4n) is 9.37. The summed E-state index contributed by atoms with van der Waals surface area (Å²) in [5.41, 5.74) is 3.46. The van der Waals surface area contributed by atoms with Crippen LogP contribution in [0.5, 0.6) is 0 Å². The Hall–Kier alpha value is -2.59. The van der Waals surface area contributed by atoms with Crippen molar-refractivity contribution in [3.05, 3.63) is 107 Å². The molecule has 2 bridgehead atoms. The lowest BCUT2D eigenvalue weighted by molar-refractivity contribution is -0.137. The zero-order valence-electron chi connectivity index (χ0n) is 21.8. The molecule has 1 spiro atoms. The zero-order valence-corrected chi connectivity index (χ0v) is 21.8. The van der Waals surface area contributed by atoms with Gasteiger partial charge in [-0.1, -0.05) is 92.1 Å². The van der Waals surface area contributed by atoms with E-state index in [1.54, 1.807) is 12.1 Å². The molecule has 5 fully saturated rings. The maximum Gasteiger partial charge on any atom is 0.416 e. The lowest BCUT2D eigenvalue weighted by Gasteiger charge is -2.53. The fourth-order valence-corrected chi connectivity index (χ4v) is 9.37. The van der Waals surface area contributed by atoms with Gasteiger partial charge in [-0.2, -0.15) is 13.2 Å². The van der Waals surface area contributed by atoms with E-state index in [0.29, 0.717) is 12.0 Å². The van der Waals surface area contributed by atoms with Gasteiger partial charge >= 0.3 is 6.18 Å². The van der Waals surface area contributed by atoms with Gasteiger partial charge in [0, 0.05) is 24.5 Å². The van der Waals surface area contributed by atoms with Gasteiger partial charge in [0.2, 0.25) is 0 Å². The van der Waals surface area contributed by atoms with Crippen molar-refractivity contribution in [2.45, 2.75) is 68.5 Å². The van der Waals surface area contributed by atoms with E-state index in [1.807, 2.05) is 0 Å². The van der Waals surface area contributed by atoms with Crippen molar-refractivity contribution in [2.75, 3.05) is 13.1 Å². The predicted molar refractivity (Wildman–Crippen MR) is 145 cm³/mol. The number of likely N-dealkylation sites (tertiary alicyclic amines) is 1. The van der Waals surface area contributed by atoms with Crippen LogP contribution >= 0.6 is 0 Å². The average molecular weight is 516 g/mol. The lowest BCUT2D eigenvalue weighted by Crippen LogP contribution is -2.48. The molecule has 4 saturated carbocycles. The Labute approximate surface area is 224 Å². The summed E-state index contributed by atoms with van der Waals surface area (Å²) < 4.78 is 40.3. The van der Waals surface area contributed by atoms with Crippen molar-refractivity contribution in [2.24, 2.45) is 17.3 Å². The van der Waals surface area contributed by atoms with E-state index in [-0.39, 0.29) is 16.7 Å². The topological polar surface area (TPSA) is 3.24 Å². The van der Waals surface area contributed by atoms with Crippen molar-refractivity contribution in [3.8, 4) is 0 Å². The molecule has 0 N–H and O–H groups in total. The van der Waals surface area contributed by atoms with E-state index in [0.717, 1.165) is 37.4 Å². The number of alkyl halides is 3. The molecule has 8 rings (SSSR count). The summed E-state index contributed by atoms with van der Waals surface area (Å²) in [5.74, 6) is 1.43. The second-order valence-corrected chi connectivity index (χ2v) is 12.6. The molecule has 38 heavy (non-hydrogen) atoms. The van der Waals surface area contributed by atoms with Gasteiger partial charge in [0.25, 0.3) is 0 Å². The minimum Gasteiger partial charge on any atom is -0.295 e. The summed E-state index contributed by atoms with van der Waals surface area (Å²) >= 11 is 0. The molecular formula is C34H36F3N. The largest absolute Gasteiger partial charge is 0.416 e. The molecule has 4 heteroatoms. The lowest BCUT2D eigenvalue weighted by atomic mass is 9.52. The fraction of sp³-hybridized carbons (Fsp3) is 0.471. The Morgan fingerprint density at radius 3 is 2.00 bits per heavy atom. The third-order valence-electron chi connectivity index (χ3n) is 10.6. The van der Waals surface area contributed by atoms with E-state index in [9.17, 15) is 13.2 Å². The quantitative estimate of drug-likeness (QED) is 0.328. The van der Waals surface area contributed by atoms with Gasteiger partial charge in [0.1, 0.15) is 0 Å². The van der Waals surface area contributed by atoms with Crippen LogP contribution in [0.2, 0.25) is 0 Å². The Balaban J connectivity index is 1.31. The predicted octanol–water partition coefficient (Wildman–Crippen LogP) is 8.77. The average Bonchev–Trinajstić information content (AvgIpc) is 3.48. The van der Waals surface area contributed by atoms with Crippen molar-refractivity contribution in [3.63, 3.8) is 0 Å². The molecule has 1 heterocycles. The molecule has 1 aliphatic heterocycles. The molecule has 198 valence electrons. The molecule has 1 saturated heterocycles. The normalized spacial score (nSPS) is 33.2. The first-order valence-electron chi connectivity index (χ1n) is 14.4. The smallest absolute Gasteiger partial charge is 0.295 e. The Morgan fingerprint density at radius 1 is 0.737 bits per heavy atom. The Kier molecular flexibility index (Phi) is 5.78. The van der Waals surface area contributed by atoms with Crippen LogP contribution in [0.15, 0.2) is 84.9 Å². The first kappa shape index (κ1) is 24.5. The molecule has 5 aliphatic rings. The van der Waals surface area contributed by atoms with Gasteiger partial charge in [-0.05, 0) is 77.7 Å². The standard InChI is InChI=1S/C34H36F3N/c35-34(36,37)28-18-16-25(17-19-28)30-29-21-38(20-24-10-4-1-5-11-24)31(26-12-6-2-7-13-26)33(29)22-32(30,23-33)27-14-8-3-9-15-27/h2-3,6-9,12-19,24,29-31H,1,4-5,10-11,20-23H2/t29-,30?,31-,32?,33?/m1/s1. The van der Waals surface area contributed by atoms with E-state index >= 15 is 0 Å². The van der Waals surface area contributed by atoms with Crippen LogP contribution in [0.1, 0.15) is 79.2 Å². The maximum absolute atomic E-state index is 13.4. The number of benzene rings is 3. The van der Waals surface area contributed by atoms with E-state index < -0.39 is 11.7 Å². The third kappa shape index (κ3) is 3.70. The zero-order chi connectivity index (χ0) is 26.0. The summed E-state index contributed by atoms with van der Waals surface area (Å²) in [6.07, 6.45) is 4.61. The van der Waals surface area contributed by atoms with Crippen LogP contribution in [0.4, 0.5) is 13.2 Å². The first-order valence-corrected chi connectivity index (χ1v) is 14.4. The number of nitrogens with zero attached hydrogens (tertiary/aromatic N) is 1. The minimum atomic E-state index is -4.31. The second kappa shape index (κ2) is 8.98. The van der Waals surface area contributed by atoms with Gasteiger partial charge in [-0.3, -0.25) is 4.90 Å². The van der Waals surface area contributed by atoms with Crippen LogP contribution < -0.4 is 0 Å². The Morgan fingerprint density at radius 2 is 1.37 bits per heavy atom. The van der Waals surface area contributed by atoms with Crippen molar-refractivity contribution >= 4 is 0 Å². The van der Waals surface area contributed by atoms with Crippen molar-refractivity contribution in [1.29, 1.82) is 0 Å². The van der Waals surface area contributed by atoms with E-state index in [1.165, 1.54) is 55.4 Å². The third-order valence-corrected chi connectivity index (χ3v) is 10.6. The molecule has 1 unspecified atom stereocenters. The summed E-state index contributed by atoms with van der Waals surface area (Å²) in [6.45, 7) is 2.19.